The Hall–Kier alpha value is -1.89. The average molecular weight is 328 g/mol. The number of halogens is 2. The van der Waals surface area contributed by atoms with Gasteiger partial charge >= 0.3 is 6.61 Å². The van der Waals surface area contributed by atoms with Gasteiger partial charge in [0.1, 0.15) is 0 Å². The van der Waals surface area contributed by atoms with Gasteiger partial charge in [0.15, 0.2) is 11.5 Å². The maximum absolute atomic E-state index is 12.4. The second-order valence-electron chi connectivity index (χ2n) is 5.43. The average Bonchev–Trinajstić information content (AvgIpc) is 2.55. The Morgan fingerprint density at radius 1 is 1.35 bits per heavy atom. The predicted molar refractivity (Wildman–Crippen MR) is 81.9 cm³/mol. The van der Waals surface area contributed by atoms with E-state index in [9.17, 15) is 13.6 Å². The Labute approximate surface area is 134 Å². The van der Waals surface area contributed by atoms with E-state index in [0.29, 0.717) is 13.0 Å². The number of methoxy groups -OCH3 is 1. The zero-order chi connectivity index (χ0) is 16.7. The molecular formula is C16H22F2N2O3. The molecule has 0 radical (unpaired) electrons. The predicted octanol–water partition coefficient (Wildman–Crippen LogP) is 1.95. The Bertz CT molecular complexity index is 520. The summed E-state index contributed by atoms with van der Waals surface area (Å²) in [6.45, 7) is -0.710. The summed E-state index contributed by atoms with van der Waals surface area (Å²) in [5, 5.41) is 6.12. The van der Waals surface area contributed by atoms with E-state index in [2.05, 4.69) is 15.4 Å². The molecule has 1 aromatic carbocycles. The summed E-state index contributed by atoms with van der Waals surface area (Å²) >= 11 is 0. The summed E-state index contributed by atoms with van der Waals surface area (Å²) < 4.78 is 34.2. The molecule has 0 saturated carbocycles. The number of hydrogen-bond acceptors (Lipinski definition) is 4. The number of benzene rings is 1. The zero-order valence-electron chi connectivity index (χ0n) is 13.1. The number of hydrogen-bond donors (Lipinski definition) is 2. The van der Waals surface area contributed by atoms with Crippen molar-refractivity contribution < 1.29 is 23.0 Å². The molecule has 0 aromatic heterocycles. The molecule has 1 fully saturated rings. The third-order valence-electron chi connectivity index (χ3n) is 3.87. The summed E-state index contributed by atoms with van der Waals surface area (Å²) in [5.74, 6) is 0.381. The molecule has 0 bridgehead atoms. The molecule has 7 heteroatoms. The number of carbonyl (C=O) groups excluding carboxylic acids is 1. The van der Waals surface area contributed by atoms with E-state index in [4.69, 9.17) is 4.74 Å². The van der Waals surface area contributed by atoms with Crippen LogP contribution in [-0.4, -0.2) is 39.3 Å². The summed E-state index contributed by atoms with van der Waals surface area (Å²) in [5.41, 5.74) is 0.798. The van der Waals surface area contributed by atoms with Gasteiger partial charge < -0.3 is 20.1 Å². The monoisotopic (exact) mass is 328 g/mol. The summed E-state index contributed by atoms with van der Waals surface area (Å²) in [6, 6.07) is 4.87. The van der Waals surface area contributed by atoms with Gasteiger partial charge in [-0.2, -0.15) is 8.78 Å². The molecule has 1 saturated heterocycles. The molecule has 1 amide bonds. The summed E-state index contributed by atoms with van der Waals surface area (Å²) in [4.78, 5) is 12.0. The van der Waals surface area contributed by atoms with Gasteiger partial charge in [-0.15, -0.1) is 0 Å². The first-order valence-corrected chi connectivity index (χ1v) is 7.70. The third-order valence-corrected chi connectivity index (χ3v) is 3.87. The van der Waals surface area contributed by atoms with E-state index < -0.39 is 6.61 Å². The lowest BCUT2D eigenvalue weighted by atomic mass is 9.97. The number of rotatable bonds is 7. The van der Waals surface area contributed by atoms with Crippen LogP contribution >= 0.6 is 0 Å². The molecule has 1 aliphatic heterocycles. The Morgan fingerprint density at radius 3 is 2.74 bits per heavy atom. The largest absolute Gasteiger partial charge is 0.493 e. The maximum atomic E-state index is 12.4. The topological polar surface area (TPSA) is 59.6 Å². The molecule has 0 spiro atoms. The van der Waals surface area contributed by atoms with Gasteiger partial charge in [-0.1, -0.05) is 6.07 Å². The van der Waals surface area contributed by atoms with Crippen LogP contribution in [0.4, 0.5) is 8.78 Å². The lowest BCUT2D eigenvalue weighted by molar-refractivity contribution is -0.125. The minimum absolute atomic E-state index is 0.00433. The molecule has 2 rings (SSSR count). The summed E-state index contributed by atoms with van der Waals surface area (Å²) in [7, 11) is 1.40. The first kappa shape index (κ1) is 17.5. The minimum atomic E-state index is -2.90. The molecule has 5 nitrogen and oxygen atoms in total. The van der Waals surface area contributed by atoms with Crippen molar-refractivity contribution >= 4 is 5.91 Å². The first-order valence-electron chi connectivity index (χ1n) is 7.70. The lowest BCUT2D eigenvalue weighted by Gasteiger charge is -2.21. The Kier molecular flexibility index (Phi) is 6.58. The van der Waals surface area contributed by atoms with Crippen LogP contribution in [0.1, 0.15) is 18.4 Å². The van der Waals surface area contributed by atoms with Crippen LogP contribution in [0, 0.1) is 5.92 Å². The standard InChI is InChI=1S/C16H22F2N2O3/c1-22-13-3-2-11(10-14(13)23-16(17)18)4-9-20-15(21)12-5-7-19-8-6-12/h2-3,10,12,16,19H,4-9H2,1H3,(H,20,21). The van der Waals surface area contributed by atoms with Gasteiger partial charge in [0.2, 0.25) is 5.91 Å². The van der Waals surface area contributed by atoms with Gasteiger partial charge in [-0.25, -0.2) is 0 Å². The highest BCUT2D eigenvalue weighted by Gasteiger charge is 2.20. The van der Waals surface area contributed by atoms with Crippen LogP contribution in [0.5, 0.6) is 11.5 Å². The van der Waals surface area contributed by atoms with E-state index in [1.807, 2.05) is 0 Å². The van der Waals surface area contributed by atoms with E-state index in [-0.39, 0.29) is 23.3 Å². The number of alkyl halides is 2. The van der Waals surface area contributed by atoms with E-state index in [1.54, 1.807) is 12.1 Å². The quantitative estimate of drug-likeness (QED) is 0.803. The van der Waals surface area contributed by atoms with E-state index in [0.717, 1.165) is 31.5 Å². The number of nitrogens with one attached hydrogen (secondary N) is 2. The SMILES string of the molecule is COc1ccc(CCNC(=O)C2CCNCC2)cc1OC(F)F. The number of carbonyl (C=O) groups is 1. The van der Waals surface area contributed by atoms with Crippen molar-refractivity contribution in [2.24, 2.45) is 5.92 Å². The van der Waals surface area contributed by atoms with Crippen molar-refractivity contribution in [1.29, 1.82) is 0 Å². The molecule has 128 valence electrons. The maximum Gasteiger partial charge on any atom is 0.387 e. The van der Waals surface area contributed by atoms with Crippen LogP contribution in [-0.2, 0) is 11.2 Å². The second-order valence-corrected chi connectivity index (χ2v) is 5.43. The first-order chi connectivity index (χ1) is 11.1. The molecule has 0 aliphatic carbocycles. The molecular weight excluding hydrogens is 306 g/mol. The van der Waals surface area contributed by atoms with Crippen molar-refractivity contribution in [3.8, 4) is 11.5 Å². The van der Waals surface area contributed by atoms with Crippen molar-refractivity contribution in [2.45, 2.75) is 25.9 Å². The molecule has 1 heterocycles. The normalized spacial score (nSPS) is 15.5. The minimum Gasteiger partial charge on any atom is -0.493 e. The number of amides is 1. The fourth-order valence-electron chi connectivity index (χ4n) is 2.62. The van der Waals surface area contributed by atoms with Gasteiger partial charge in [0.25, 0.3) is 0 Å². The van der Waals surface area contributed by atoms with Crippen LogP contribution in [0.3, 0.4) is 0 Å². The molecule has 1 aliphatic rings. The highest BCUT2D eigenvalue weighted by molar-refractivity contribution is 5.78. The molecule has 0 atom stereocenters. The lowest BCUT2D eigenvalue weighted by Crippen LogP contribution is -2.38. The molecule has 2 N–H and O–H groups in total. The van der Waals surface area contributed by atoms with Crippen molar-refractivity contribution in [2.75, 3.05) is 26.7 Å². The number of ether oxygens (including phenoxy) is 2. The van der Waals surface area contributed by atoms with E-state index >= 15 is 0 Å². The fraction of sp³-hybridized carbons (Fsp3) is 0.562. The van der Waals surface area contributed by atoms with Gasteiger partial charge in [0.05, 0.1) is 7.11 Å². The number of piperidine rings is 1. The van der Waals surface area contributed by atoms with Gasteiger partial charge in [-0.3, -0.25) is 4.79 Å². The molecule has 23 heavy (non-hydrogen) atoms. The van der Waals surface area contributed by atoms with Gasteiger partial charge in [-0.05, 0) is 50.0 Å². The van der Waals surface area contributed by atoms with Gasteiger partial charge in [0, 0.05) is 12.5 Å². The van der Waals surface area contributed by atoms with Crippen LogP contribution in [0.25, 0.3) is 0 Å². The Morgan fingerprint density at radius 2 is 2.09 bits per heavy atom. The zero-order valence-corrected chi connectivity index (χ0v) is 13.1. The highest BCUT2D eigenvalue weighted by atomic mass is 19.3. The Balaban J connectivity index is 1.86. The summed E-state index contributed by atoms with van der Waals surface area (Å²) in [6.07, 6.45) is 2.24. The van der Waals surface area contributed by atoms with Crippen LogP contribution in [0.2, 0.25) is 0 Å². The van der Waals surface area contributed by atoms with Crippen LogP contribution < -0.4 is 20.1 Å². The fourth-order valence-corrected chi connectivity index (χ4v) is 2.62. The highest BCUT2D eigenvalue weighted by Crippen LogP contribution is 2.29. The van der Waals surface area contributed by atoms with Crippen molar-refractivity contribution in [3.63, 3.8) is 0 Å². The van der Waals surface area contributed by atoms with E-state index in [1.165, 1.54) is 13.2 Å². The van der Waals surface area contributed by atoms with Crippen molar-refractivity contribution in [1.82, 2.24) is 10.6 Å². The van der Waals surface area contributed by atoms with Crippen LogP contribution in [0.15, 0.2) is 18.2 Å². The van der Waals surface area contributed by atoms with Crippen molar-refractivity contribution in [3.05, 3.63) is 23.8 Å². The molecule has 1 aromatic rings. The smallest absolute Gasteiger partial charge is 0.387 e. The third kappa shape index (κ3) is 5.35. The second kappa shape index (κ2) is 8.67. The molecule has 0 unspecified atom stereocenters.